The minimum atomic E-state index is 0.467. The molecule has 28 rings (SSSR count). The van der Waals surface area contributed by atoms with Gasteiger partial charge >= 0.3 is 0 Å². The summed E-state index contributed by atoms with van der Waals surface area (Å²) in [4.78, 5) is 30.6. The number of nitriles is 2. The predicted molar refractivity (Wildman–Crippen MR) is 531 cm³/mol. The summed E-state index contributed by atoms with van der Waals surface area (Å²) >= 11 is 0. The fourth-order valence-corrected chi connectivity index (χ4v) is 20.6. The summed E-state index contributed by atoms with van der Waals surface area (Å²) in [5, 5.41) is 39.7. The summed E-state index contributed by atoms with van der Waals surface area (Å²) in [5.41, 5.74) is 23.3. The highest BCUT2D eigenvalue weighted by Gasteiger charge is 2.29. The van der Waals surface area contributed by atoms with Gasteiger partial charge in [-0.3, -0.25) is 9.13 Å². The molecule has 0 aliphatic carbocycles. The molecule has 0 fully saturated rings. The van der Waals surface area contributed by atoms with Gasteiger partial charge in [0.25, 0.3) is 0 Å². The standard InChI is InChI=1S/2C58H33N7O/c59-34-37-31-36(57-60-56(35-15-3-1-4-16-35)61-58(62-57)65-49-25-13-7-19-39(49)40-20-8-14-26-50(40)65)27-29-46(37)64-48-24-12-10-22-42(48)44-32-45-53(33-51(44)64)66-52-30-28-43-41-21-9-11-23-47(41)63(55(43)54(45)52)38-17-5-2-6-18-38;59-34-37-31-36(57-60-56(35-15-3-1-4-16-35)61-58(62-57)65-47-24-12-7-19-39(47)40-20-8-13-25-48(40)65)27-28-45(37)64-46-23-11-9-21-41(46)43-32-44-53(33-51(43)64)66-52-30-29-50-54(55(44)52)42-22-10-14-26-49(42)63(50)38-17-5-2-6-18-38/h2*1-33H. The summed E-state index contributed by atoms with van der Waals surface area (Å²) in [6.07, 6.45) is 0. The molecule has 16 heteroatoms. The average Bonchev–Trinajstić information content (AvgIpc) is 1.54. The fourth-order valence-electron chi connectivity index (χ4n) is 20.6. The van der Waals surface area contributed by atoms with Crippen LogP contribution in [0.3, 0.4) is 0 Å². The zero-order valence-corrected chi connectivity index (χ0v) is 70.2. The van der Waals surface area contributed by atoms with Gasteiger partial charge in [-0.1, -0.05) is 243 Å². The molecule has 0 atom stereocenters. The van der Waals surface area contributed by atoms with Crippen molar-refractivity contribution in [1.29, 1.82) is 10.5 Å². The van der Waals surface area contributed by atoms with Crippen molar-refractivity contribution in [1.82, 2.24) is 57.3 Å². The SMILES string of the molecule is N#Cc1cc(-c2nc(-c3ccccc3)nc(-n3c4ccccc4c4ccccc43)n2)ccc1-n1c2ccccc2c2cc3c(cc21)oc1ccc2c(c4ccccc4n2-c2ccccc2)c13.N#Cc1cc(-c2nc(-c3ccccc3)nc(-n3c4ccccc4c4ccccc43)n2)ccc1-n1c2ccccc2c2cc3c(cc21)oc1ccc2c4ccccc4n(-c4ccccc4)c2c13. The smallest absolute Gasteiger partial charge is 0.238 e. The third-order valence-electron chi connectivity index (χ3n) is 26.3. The average molecular weight is 1690 g/mol. The molecule has 0 aliphatic rings. The van der Waals surface area contributed by atoms with Gasteiger partial charge < -0.3 is 27.1 Å². The molecule has 0 saturated heterocycles. The first-order valence-corrected chi connectivity index (χ1v) is 43.8. The van der Waals surface area contributed by atoms with E-state index in [9.17, 15) is 10.5 Å². The van der Waals surface area contributed by atoms with Gasteiger partial charge in [0, 0.05) is 127 Å². The normalized spacial score (nSPS) is 11.9. The molecule has 0 spiro atoms. The number of para-hydroxylation sites is 10. The Hall–Kier alpha value is -18.6. The van der Waals surface area contributed by atoms with Gasteiger partial charge in [0.15, 0.2) is 23.3 Å². The third-order valence-corrected chi connectivity index (χ3v) is 26.3. The van der Waals surface area contributed by atoms with E-state index in [0.717, 1.165) is 192 Å². The summed E-state index contributed by atoms with van der Waals surface area (Å²) in [5.74, 6) is 3.01. The van der Waals surface area contributed by atoms with Crippen molar-refractivity contribution in [2.24, 2.45) is 0 Å². The number of furan rings is 2. The highest BCUT2D eigenvalue weighted by molar-refractivity contribution is 6.31. The molecule has 0 N–H and O–H groups in total. The van der Waals surface area contributed by atoms with Crippen molar-refractivity contribution >= 4 is 175 Å². The molecule has 10 aromatic heterocycles. The Labute approximate surface area is 750 Å². The van der Waals surface area contributed by atoms with Crippen molar-refractivity contribution in [3.8, 4) is 92.3 Å². The van der Waals surface area contributed by atoms with Crippen LogP contribution >= 0.6 is 0 Å². The highest BCUT2D eigenvalue weighted by atomic mass is 16.3. The maximum atomic E-state index is 11.0. The van der Waals surface area contributed by atoms with E-state index in [0.29, 0.717) is 57.4 Å². The van der Waals surface area contributed by atoms with E-state index in [1.165, 1.54) is 16.2 Å². The fraction of sp³-hybridized carbons (Fsp3) is 0. The summed E-state index contributed by atoms with van der Waals surface area (Å²) in [7, 11) is 0. The number of nitrogens with zero attached hydrogens (tertiary/aromatic N) is 14. The predicted octanol–water partition coefficient (Wildman–Crippen LogP) is 28.5. The van der Waals surface area contributed by atoms with Crippen LogP contribution in [0, 0.1) is 22.7 Å². The number of hydrogen-bond acceptors (Lipinski definition) is 10. The lowest BCUT2D eigenvalue weighted by molar-refractivity contribution is 0.669. The molecular weight excluding hydrogens is 1620 g/mol. The van der Waals surface area contributed by atoms with Crippen LogP contribution in [0.2, 0.25) is 0 Å². The molecule has 0 unspecified atom stereocenters. The Morgan fingerprint density at radius 1 is 0.197 bits per heavy atom. The Morgan fingerprint density at radius 3 is 0.947 bits per heavy atom. The van der Waals surface area contributed by atoms with Gasteiger partial charge in [0.1, 0.15) is 34.5 Å². The second kappa shape index (κ2) is 29.0. The van der Waals surface area contributed by atoms with E-state index in [4.69, 9.17) is 38.7 Å². The number of fused-ring (bicyclic) bond motifs is 26. The number of benzene rings is 18. The first kappa shape index (κ1) is 73.7. The molecule has 28 aromatic rings. The summed E-state index contributed by atoms with van der Waals surface area (Å²) in [6.45, 7) is 0. The monoisotopic (exact) mass is 1690 g/mol. The van der Waals surface area contributed by atoms with Crippen molar-refractivity contribution in [3.63, 3.8) is 0 Å². The van der Waals surface area contributed by atoms with Gasteiger partial charge in [-0.05, 0) is 146 Å². The molecule has 18 aromatic carbocycles. The van der Waals surface area contributed by atoms with Crippen LogP contribution in [0.25, 0.3) is 255 Å². The van der Waals surface area contributed by atoms with Gasteiger partial charge in [-0.25, -0.2) is 9.97 Å². The van der Waals surface area contributed by atoms with Gasteiger partial charge in [0.2, 0.25) is 11.9 Å². The van der Waals surface area contributed by atoms with E-state index < -0.39 is 0 Å². The van der Waals surface area contributed by atoms with Crippen LogP contribution in [0.4, 0.5) is 0 Å². The second-order valence-corrected chi connectivity index (χ2v) is 33.4. The van der Waals surface area contributed by atoms with Crippen molar-refractivity contribution < 1.29 is 8.83 Å². The summed E-state index contributed by atoms with van der Waals surface area (Å²) < 4.78 is 26.9. The van der Waals surface area contributed by atoms with Crippen LogP contribution in [-0.4, -0.2) is 57.3 Å². The van der Waals surface area contributed by atoms with Crippen LogP contribution in [0.15, 0.2) is 409 Å². The number of aromatic nitrogens is 12. The minimum Gasteiger partial charge on any atom is -0.456 e. The number of hydrogen-bond donors (Lipinski definition) is 0. The van der Waals surface area contributed by atoms with E-state index in [1.54, 1.807) is 0 Å². The maximum Gasteiger partial charge on any atom is 0.238 e. The van der Waals surface area contributed by atoms with Gasteiger partial charge in [0.05, 0.1) is 94.1 Å². The first-order valence-electron chi connectivity index (χ1n) is 43.8. The Morgan fingerprint density at radius 2 is 0.523 bits per heavy atom. The lowest BCUT2D eigenvalue weighted by atomic mass is 10.0. The van der Waals surface area contributed by atoms with E-state index in [2.05, 4.69) is 306 Å². The first-order chi connectivity index (χ1) is 65.4. The highest BCUT2D eigenvalue weighted by Crippen LogP contribution is 2.49. The Kier molecular flexibility index (Phi) is 16.2. The number of rotatable bonds is 10. The molecule has 10 heterocycles. The molecule has 0 bridgehead atoms. The van der Waals surface area contributed by atoms with Crippen molar-refractivity contribution in [2.75, 3.05) is 0 Å². The zero-order valence-electron chi connectivity index (χ0n) is 70.2. The molecule has 0 aliphatic heterocycles. The molecule has 132 heavy (non-hydrogen) atoms. The Balaban J connectivity index is 0.000000135. The maximum absolute atomic E-state index is 11.0. The van der Waals surface area contributed by atoms with E-state index in [-0.39, 0.29) is 0 Å². The third kappa shape index (κ3) is 11.1. The van der Waals surface area contributed by atoms with Crippen molar-refractivity contribution in [3.05, 3.63) is 412 Å². The summed E-state index contributed by atoms with van der Waals surface area (Å²) in [6, 6.07) is 143. The molecule has 0 saturated carbocycles. The lowest BCUT2D eigenvalue weighted by Gasteiger charge is -2.13. The van der Waals surface area contributed by atoms with Crippen molar-refractivity contribution in [2.45, 2.75) is 0 Å². The molecule has 16 nitrogen and oxygen atoms in total. The van der Waals surface area contributed by atoms with E-state index in [1.807, 2.05) is 133 Å². The van der Waals surface area contributed by atoms with Gasteiger partial charge in [-0.2, -0.15) is 30.5 Å². The zero-order chi connectivity index (χ0) is 86.9. The second-order valence-electron chi connectivity index (χ2n) is 33.4. The van der Waals surface area contributed by atoms with Gasteiger partial charge in [-0.15, -0.1) is 0 Å². The lowest BCUT2D eigenvalue weighted by Crippen LogP contribution is -2.06. The van der Waals surface area contributed by atoms with Crippen LogP contribution in [0.1, 0.15) is 11.1 Å². The Bertz CT molecular complexity index is 9730. The van der Waals surface area contributed by atoms with E-state index >= 15 is 0 Å². The van der Waals surface area contributed by atoms with Crippen LogP contribution in [0.5, 0.6) is 0 Å². The van der Waals surface area contributed by atoms with Crippen LogP contribution in [-0.2, 0) is 0 Å². The molecular formula is C116H66N14O2. The minimum absolute atomic E-state index is 0.467. The molecule has 0 amide bonds. The molecule has 0 radical (unpaired) electrons. The molecule has 612 valence electrons. The largest absolute Gasteiger partial charge is 0.456 e. The quantitative estimate of drug-likeness (QED) is 0.128. The topological polar surface area (TPSA) is 181 Å². The van der Waals surface area contributed by atoms with Crippen LogP contribution < -0.4 is 0 Å².